The van der Waals surface area contributed by atoms with E-state index in [1.165, 1.54) is 257 Å². The molecule has 12 saturated carbocycles. The maximum absolute atomic E-state index is 12.8. The van der Waals surface area contributed by atoms with Crippen LogP contribution in [0.25, 0.3) is 0 Å². The minimum atomic E-state index is -0.373. The van der Waals surface area contributed by atoms with Crippen molar-refractivity contribution in [2.75, 3.05) is 120 Å². The van der Waals surface area contributed by atoms with Gasteiger partial charge in [-0.25, -0.2) is 0 Å². The van der Waals surface area contributed by atoms with Gasteiger partial charge in [-0.15, -0.1) is 0 Å². The van der Waals surface area contributed by atoms with E-state index in [9.17, 15) is 43.2 Å². The first-order valence-electron chi connectivity index (χ1n) is 61.4. The van der Waals surface area contributed by atoms with Crippen molar-refractivity contribution in [1.29, 1.82) is 0 Å². The van der Waals surface area contributed by atoms with E-state index in [2.05, 4.69) is 103 Å². The largest absolute Gasteiger partial charge is 0.465 e. The highest BCUT2D eigenvalue weighted by Gasteiger charge is 2.53. The first-order valence-corrected chi connectivity index (χ1v) is 61.4. The van der Waals surface area contributed by atoms with E-state index in [1.807, 2.05) is 14.0 Å². The van der Waals surface area contributed by atoms with Crippen molar-refractivity contribution in [3.63, 3.8) is 0 Å². The van der Waals surface area contributed by atoms with E-state index in [4.69, 9.17) is 42.6 Å². The molecule has 0 radical (unpaired) electrons. The lowest BCUT2D eigenvalue weighted by Gasteiger charge is -2.57. The molecule has 0 aromatic rings. The van der Waals surface area contributed by atoms with Crippen molar-refractivity contribution >= 4 is 53.7 Å². The van der Waals surface area contributed by atoms with Crippen LogP contribution in [-0.2, 0) is 85.8 Å². The molecule has 0 N–H and O–H groups in total. The second kappa shape index (κ2) is 77.0. The third-order valence-corrected chi connectivity index (χ3v) is 34.1. The van der Waals surface area contributed by atoms with Crippen LogP contribution in [0.3, 0.4) is 0 Å². The molecule has 0 spiro atoms. The van der Waals surface area contributed by atoms with Crippen molar-refractivity contribution in [3.8, 4) is 0 Å². The molecule has 0 amide bonds. The van der Waals surface area contributed by atoms with Crippen molar-refractivity contribution in [3.05, 3.63) is 72.9 Å². The first kappa shape index (κ1) is 127. The Kier molecular flexibility index (Phi) is 65.9. The van der Waals surface area contributed by atoms with Crippen LogP contribution in [0.15, 0.2) is 72.9 Å². The summed E-state index contributed by atoms with van der Waals surface area (Å²) in [7, 11) is 5.57. The molecular formula is C127H213N3O18. The average Bonchev–Trinajstić information content (AvgIpc) is 0.794. The molecule has 21 heteroatoms. The topological polar surface area (TPSA) is 246 Å². The van der Waals surface area contributed by atoms with Crippen LogP contribution in [0.4, 0.5) is 0 Å². The molecule has 1 aliphatic heterocycles. The first-order chi connectivity index (χ1) is 72.0. The fourth-order valence-electron chi connectivity index (χ4n) is 27.1. The van der Waals surface area contributed by atoms with Crippen molar-refractivity contribution in [2.24, 2.45) is 87.3 Å². The molecule has 3 atom stereocenters. The van der Waals surface area contributed by atoms with Gasteiger partial charge in [0.05, 0.1) is 37.1 Å². The molecule has 13 rings (SSSR count). The summed E-state index contributed by atoms with van der Waals surface area (Å²) in [5.74, 6) is 4.97. The van der Waals surface area contributed by atoms with Gasteiger partial charge in [0.15, 0.2) is 0 Å². The van der Waals surface area contributed by atoms with E-state index in [0.717, 1.165) is 208 Å². The van der Waals surface area contributed by atoms with Crippen LogP contribution in [-0.4, -0.2) is 188 Å². The Labute approximate surface area is 899 Å². The number of hydrogen-bond donors (Lipinski definition) is 0. The monoisotopic (exact) mass is 2070 g/mol. The minimum absolute atomic E-state index is 0.0597. The van der Waals surface area contributed by atoms with Crippen molar-refractivity contribution in [1.82, 2.24) is 14.7 Å². The number of carbonyl (C=O) groups is 9. The molecule has 13 aliphatic rings. The summed E-state index contributed by atoms with van der Waals surface area (Å²) in [5.41, 5.74) is 1.40. The molecule has 13 fully saturated rings. The lowest BCUT2D eigenvalue weighted by molar-refractivity contribution is -0.156. The lowest BCUT2D eigenvalue weighted by Crippen LogP contribution is -2.46. The molecule has 0 aromatic heterocycles. The van der Waals surface area contributed by atoms with Gasteiger partial charge in [0.2, 0.25) is 0 Å². The third kappa shape index (κ3) is 57.1. The van der Waals surface area contributed by atoms with Gasteiger partial charge in [-0.05, 0) is 393 Å². The number of ether oxygens (including phenoxy) is 9. The zero-order valence-electron chi connectivity index (χ0n) is 94.9. The second-order valence-corrected chi connectivity index (χ2v) is 48.4. The predicted molar refractivity (Wildman–Crippen MR) is 596 cm³/mol. The number of likely N-dealkylation sites (N-methyl/N-ethyl adjacent to an activating group) is 1. The Hall–Kier alpha value is -6.45. The quantitative estimate of drug-likeness (QED) is 0.0238. The summed E-state index contributed by atoms with van der Waals surface area (Å²) in [6.07, 6.45) is 104. The van der Waals surface area contributed by atoms with E-state index in [-0.39, 0.29) is 137 Å². The number of hydrogen-bond acceptors (Lipinski definition) is 21. The van der Waals surface area contributed by atoms with Gasteiger partial charge in [-0.3, -0.25) is 48.1 Å². The molecule has 1 heterocycles. The summed E-state index contributed by atoms with van der Waals surface area (Å²) in [6, 6.07) is 0. The van der Waals surface area contributed by atoms with Gasteiger partial charge in [0.25, 0.3) is 0 Å². The van der Waals surface area contributed by atoms with Crippen LogP contribution < -0.4 is 0 Å². The highest BCUT2D eigenvalue weighted by Crippen LogP contribution is 2.64. The lowest BCUT2D eigenvalue weighted by atomic mass is 9.48. The number of nitrogens with zero attached hydrogens (tertiary/aromatic N) is 3. The van der Waals surface area contributed by atoms with E-state index >= 15 is 0 Å². The van der Waals surface area contributed by atoms with Crippen LogP contribution in [0.5, 0.6) is 0 Å². The molecule has 3 unspecified atom stereocenters. The number of rotatable bonds is 83. The summed E-state index contributed by atoms with van der Waals surface area (Å²) in [6.45, 7) is 14.0. The predicted octanol–water partition coefficient (Wildman–Crippen LogP) is 29.5. The Morgan fingerprint density at radius 2 is 0.480 bits per heavy atom. The molecule has 12 aliphatic carbocycles. The van der Waals surface area contributed by atoms with Gasteiger partial charge in [0.1, 0.15) is 59.5 Å². The third-order valence-electron chi connectivity index (χ3n) is 34.1. The molecule has 21 nitrogen and oxygen atoms in total. The zero-order valence-corrected chi connectivity index (χ0v) is 94.9. The van der Waals surface area contributed by atoms with Crippen LogP contribution in [0.1, 0.15) is 471 Å². The summed E-state index contributed by atoms with van der Waals surface area (Å²) < 4.78 is 50.2. The van der Waals surface area contributed by atoms with Gasteiger partial charge in [-0.1, -0.05) is 210 Å². The Morgan fingerprint density at radius 1 is 0.264 bits per heavy atom. The number of esters is 9. The Morgan fingerprint density at radius 3 is 0.723 bits per heavy atom. The van der Waals surface area contributed by atoms with Gasteiger partial charge < -0.3 is 52.4 Å². The molecule has 12 bridgehead atoms. The second-order valence-electron chi connectivity index (χ2n) is 48.4. The fraction of sp³-hybridized carbons (Fsp3) is 0.835. The van der Waals surface area contributed by atoms with Gasteiger partial charge >= 0.3 is 53.7 Å². The zero-order chi connectivity index (χ0) is 106. The average molecular weight is 2070 g/mol. The van der Waals surface area contributed by atoms with Gasteiger partial charge in [-0.2, -0.15) is 0 Å². The molecule has 844 valence electrons. The normalized spacial score (nSPS) is 24.0. The number of carbonyl (C=O) groups excluding carboxylic acids is 9. The van der Waals surface area contributed by atoms with Crippen LogP contribution in [0.2, 0.25) is 0 Å². The number of allylic oxidation sites excluding steroid dienone is 12. The van der Waals surface area contributed by atoms with E-state index < -0.39 is 0 Å². The summed E-state index contributed by atoms with van der Waals surface area (Å²) >= 11 is 0. The van der Waals surface area contributed by atoms with Crippen molar-refractivity contribution in [2.45, 2.75) is 471 Å². The molecule has 1 saturated heterocycles. The van der Waals surface area contributed by atoms with Gasteiger partial charge in [0, 0.05) is 51.6 Å². The number of unbranched alkanes of at least 4 members (excludes halogenated alkanes) is 26. The van der Waals surface area contributed by atoms with Crippen molar-refractivity contribution < 1.29 is 85.8 Å². The molecule has 148 heavy (non-hydrogen) atoms. The number of likely N-dealkylation sites (tertiary alicyclic amines) is 1. The summed E-state index contributed by atoms with van der Waals surface area (Å²) in [4.78, 5) is 119. The molecule has 0 aromatic carbocycles. The smallest absolute Gasteiger partial charge is 0.320 e. The Balaban J connectivity index is 0.000000271. The van der Waals surface area contributed by atoms with E-state index in [1.54, 1.807) is 19.0 Å². The molecular weight excluding hydrogens is 1860 g/mol. The standard InChI is InChI=1S/C44H73NO6.C43H73NO6.C40H67NO6/c1-2-3-4-5-6-7-8-9-10-11-12-13-14-15-16-17-21-41(46)49-34-40(36-51-43(48)23-27-45-25-18-19-26-45)35-50-42(47)22-20-24-44-31-37-28-38(32-44)30-39(29-37)33-44;1-4-6-7-8-9-10-11-12-13-14-15-16-17-18-19-20-22-40(45)48-33-39(35-50-42(47)24-26-44(3)5-2)34-49-41(46)23-21-25-43-30-36-27-37(31-43)29-38(28-36)32-43;1-4-5-6-7-8-9-10-11-12-13-14-15-16-17-18-20-37(42)45-30-36(32-47-39(44)29-41(2)3)31-46-38(43)21-19-22-40-26-33-23-34(27-40)25-35(24-33)28-40/h6-7,9-10,37-40H,2-5,8,11-36H2,1H3;9-10,12-13,36-39H,4-8,11,14-35H2,1-3H3;8-9,11-12,33-36H,4-7,10,13-32H2,1-3H3/b7-6-,10-9-;10-9-,13-12-;9-8-,12-11-. The fourth-order valence-corrected chi connectivity index (χ4v) is 27.1. The highest BCUT2D eigenvalue weighted by atomic mass is 16.6. The van der Waals surface area contributed by atoms with Crippen LogP contribution >= 0.6 is 0 Å². The maximum Gasteiger partial charge on any atom is 0.320 e. The maximum atomic E-state index is 12.8. The minimum Gasteiger partial charge on any atom is -0.465 e. The van der Waals surface area contributed by atoms with E-state index in [0.29, 0.717) is 80.7 Å². The van der Waals surface area contributed by atoms with Crippen LogP contribution in [0, 0.1) is 87.3 Å². The SMILES string of the molecule is CCCCC/C=C\C/C=C\CCCCCCCC(=O)OCC(COC(=O)CCCC12CC3CC(CC(C3)C1)C2)COC(=O)CN(C)C.CCCCC/C=C\C/C=C\CCCCCCCCC(=O)OCC(COC(=O)CCCC12CC3CC(CC(C3)C1)C2)COC(=O)CCN(C)CC.CCCCC/C=C\C/C=C\CCCCCCCCC(=O)OCC(COC(=O)CCCC12CC3CC(CC(C3)C1)C2)COC(=O)CCN1CCCC1. The Bertz CT molecular complexity index is 3710. The summed E-state index contributed by atoms with van der Waals surface area (Å²) in [5, 5.41) is 0. The highest BCUT2D eigenvalue weighted by molar-refractivity contribution is 5.73.